The van der Waals surface area contributed by atoms with E-state index >= 15 is 0 Å². The number of nitrogens with zero attached hydrogens (tertiary/aromatic N) is 2. The molecule has 0 fully saturated rings. The van der Waals surface area contributed by atoms with E-state index in [0.29, 0.717) is 35.1 Å². The zero-order chi connectivity index (χ0) is 33.1. The Bertz CT molecular complexity index is 1430. The van der Waals surface area contributed by atoms with Crippen molar-refractivity contribution in [1.82, 2.24) is 21.2 Å². The van der Waals surface area contributed by atoms with Gasteiger partial charge in [-0.2, -0.15) is 0 Å². The van der Waals surface area contributed by atoms with E-state index < -0.39 is 35.5 Å². The van der Waals surface area contributed by atoms with Gasteiger partial charge in [0, 0.05) is 17.6 Å². The first-order chi connectivity index (χ1) is 21.2. The topological polar surface area (TPSA) is 139 Å². The number of hydrogen-bond acceptors (Lipinski definition) is 9. The molecular formula is C33H43N5O6S. The van der Waals surface area contributed by atoms with Crippen LogP contribution in [0.4, 0.5) is 15.6 Å². The maximum atomic E-state index is 13.0. The fourth-order valence-electron chi connectivity index (χ4n) is 4.14. The highest BCUT2D eigenvalue weighted by atomic mass is 32.1. The van der Waals surface area contributed by atoms with E-state index in [1.54, 1.807) is 50.4 Å². The van der Waals surface area contributed by atoms with Crippen molar-refractivity contribution >= 4 is 46.0 Å². The Morgan fingerprint density at radius 1 is 0.911 bits per heavy atom. The first-order valence-corrected chi connectivity index (χ1v) is 15.7. The van der Waals surface area contributed by atoms with Gasteiger partial charge in [-0.1, -0.05) is 58.0 Å². The van der Waals surface area contributed by atoms with Gasteiger partial charge in [0.05, 0.1) is 5.56 Å². The van der Waals surface area contributed by atoms with Crippen LogP contribution in [0.15, 0.2) is 60.0 Å². The summed E-state index contributed by atoms with van der Waals surface area (Å²) in [5.74, 6) is -1.21. The summed E-state index contributed by atoms with van der Waals surface area (Å²) < 4.78 is 10.7. The quantitative estimate of drug-likeness (QED) is 0.163. The lowest BCUT2D eigenvalue weighted by Crippen LogP contribution is -2.52. The number of hydrogen-bond donors (Lipinski definition) is 3. The molecule has 2 aromatic carbocycles. The number of hydrazine groups is 1. The summed E-state index contributed by atoms with van der Waals surface area (Å²) in [4.78, 5) is 57.2. The smallest absolute Gasteiger partial charge is 0.408 e. The van der Waals surface area contributed by atoms with Crippen molar-refractivity contribution in [1.29, 1.82) is 0 Å². The van der Waals surface area contributed by atoms with Crippen LogP contribution in [0.25, 0.3) is 0 Å². The Kier molecular flexibility index (Phi) is 12.5. The summed E-state index contributed by atoms with van der Waals surface area (Å²) in [6.07, 6.45) is -0.489. The van der Waals surface area contributed by atoms with Crippen molar-refractivity contribution in [3.05, 3.63) is 76.8 Å². The number of aromatic nitrogens is 1. The molecule has 0 unspecified atom stereocenters. The molecule has 0 aliphatic heterocycles. The van der Waals surface area contributed by atoms with Gasteiger partial charge in [0.25, 0.3) is 11.8 Å². The molecule has 45 heavy (non-hydrogen) atoms. The van der Waals surface area contributed by atoms with Gasteiger partial charge in [0.2, 0.25) is 0 Å². The van der Waals surface area contributed by atoms with Crippen LogP contribution in [0.2, 0.25) is 0 Å². The average Bonchev–Trinajstić information content (AvgIpc) is 3.47. The van der Waals surface area contributed by atoms with Crippen molar-refractivity contribution in [3.8, 4) is 0 Å². The van der Waals surface area contributed by atoms with Gasteiger partial charge in [-0.25, -0.2) is 14.6 Å². The van der Waals surface area contributed by atoms with Crippen LogP contribution in [0.1, 0.15) is 81.3 Å². The standard InChI is InChI=1S/C33H43N5O6S/c1-21(2)17-26(35-32(42)43-19-23-13-15-24(16-14-23)30(41)44-33(5,6)7)28(39)36-37-29(40)27-20-45-31(34-27)38(18-22(3)4)25-11-9-8-10-12-25/h8-16,20-22,26H,17-19H2,1-7H3,(H,35,42)(H,36,39)(H,37,40)/t26-/m0/s1. The second kappa shape index (κ2) is 16.0. The molecule has 242 valence electrons. The third-order valence-corrected chi connectivity index (χ3v) is 7.01. The number of rotatable bonds is 12. The van der Waals surface area contributed by atoms with Gasteiger partial charge in [0.15, 0.2) is 5.13 Å². The lowest BCUT2D eigenvalue weighted by molar-refractivity contribution is -0.124. The largest absolute Gasteiger partial charge is 0.456 e. The van der Waals surface area contributed by atoms with E-state index in [2.05, 4.69) is 35.0 Å². The van der Waals surface area contributed by atoms with Crippen molar-refractivity contribution in [2.75, 3.05) is 11.4 Å². The Balaban J connectivity index is 1.55. The minimum atomic E-state index is -0.960. The number of nitrogens with one attached hydrogen (secondary N) is 3. The van der Waals surface area contributed by atoms with E-state index in [9.17, 15) is 19.2 Å². The summed E-state index contributed by atoms with van der Waals surface area (Å²) in [6, 6.07) is 15.3. The lowest BCUT2D eigenvalue weighted by Gasteiger charge is -2.23. The number of carbonyl (C=O) groups excluding carboxylic acids is 4. The maximum Gasteiger partial charge on any atom is 0.408 e. The average molecular weight is 638 g/mol. The highest BCUT2D eigenvalue weighted by Crippen LogP contribution is 2.29. The summed E-state index contributed by atoms with van der Waals surface area (Å²) >= 11 is 1.33. The number of amides is 3. The number of thiazole rings is 1. The van der Waals surface area contributed by atoms with E-state index in [1.165, 1.54) is 11.3 Å². The Labute approximate surface area is 268 Å². The second-order valence-electron chi connectivity index (χ2n) is 12.4. The minimum Gasteiger partial charge on any atom is -0.456 e. The molecule has 0 aliphatic carbocycles. The third kappa shape index (κ3) is 11.5. The second-order valence-corrected chi connectivity index (χ2v) is 13.2. The summed E-state index contributed by atoms with van der Waals surface area (Å²) in [5.41, 5.74) is 6.35. The number of para-hydroxylation sites is 1. The number of anilines is 2. The SMILES string of the molecule is CC(C)C[C@H](NC(=O)OCc1ccc(C(=O)OC(C)(C)C)cc1)C(=O)NNC(=O)c1csc(N(CC(C)C)c2ccccc2)n1. The molecule has 3 aromatic rings. The van der Waals surface area contributed by atoms with Gasteiger partial charge < -0.3 is 19.7 Å². The van der Waals surface area contributed by atoms with E-state index in [-0.39, 0.29) is 18.2 Å². The van der Waals surface area contributed by atoms with Crippen LogP contribution < -0.4 is 21.1 Å². The lowest BCUT2D eigenvalue weighted by atomic mass is 10.0. The fourth-order valence-corrected chi connectivity index (χ4v) is 4.97. The molecule has 0 radical (unpaired) electrons. The van der Waals surface area contributed by atoms with Crippen molar-refractivity contribution in [2.45, 2.75) is 73.1 Å². The molecule has 0 bridgehead atoms. The zero-order valence-corrected chi connectivity index (χ0v) is 27.7. The predicted molar refractivity (Wildman–Crippen MR) is 174 cm³/mol. The van der Waals surface area contributed by atoms with E-state index in [1.807, 2.05) is 49.1 Å². The number of ether oxygens (including phenoxy) is 2. The first-order valence-electron chi connectivity index (χ1n) is 14.9. The van der Waals surface area contributed by atoms with Crippen LogP contribution in [0, 0.1) is 11.8 Å². The third-order valence-electron chi connectivity index (χ3n) is 6.14. The maximum absolute atomic E-state index is 13.0. The fraction of sp³-hybridized carbons (Fsp3) is 0.424. The van der Waals surface area contributed by atoms with Gasteiger partial charge >= 0.3 is 12.1 Å². The minimum absolute atomic E-state index is 0.0585. The van der Waals surface area contributed by atoms with Crippen LogP contribution in [0.5, 0.6) is 0 Å². The van der Waals surface area contributed by atoms with Crippen LogP contribution in [-0.2, 0) is 20.9 Å². The van der Waals surface area contributed by atoms with Crippen LogP contribution in [-0.4, -0.2) is 47.0 Å². The molecule has 3 N–H and O–H groups in total. The Morgan fingerprint density at radius 2 is 1.58 bits per heavy atom. The zero-order valence-electron chi connectivity index (χ0n) is 26.9. The first kappa shape index (κ1) is 35.0. The molecular weight excluding hydrogens is 594 g/mol. The predicted octanol–water partition coefficient (Wildman–Crippen LogP) is 5.99. The molecule has 0 aliphatic rings. The Hall–Kier alpha value is -4.45. The molecule has 0 saturated heterocycles. The number of carbonyl (C=O) groups is 4. The van der Waals surface area contributed by atoms with Crippen LogP contribution in [0.3, 0.4) is 0 Å². The van der Waals surface area contributed by atoms with Gasteiger partial charge in [-0.3, -0.25) is 20.4 Å². The van der Waals surface area contributed by atoms with Crippen LogP contribution >= 0.6 is 11.3 Å². The summed E-state index contributed by atoms with van der Waals surface area (Å²) in [6.45, 7) is 14.0. The molecule has 0 saturated carbocycles. The molecule has 1 heterocycles. The molecule has 1 atom stereocenters. The molecule has 12 heteroatoms. The van der Waals surface area contributed by atoms with Gasteiger partial charge in [-0.05, 0) is 68.9 Å². The molecule has 3 rings (SSSR count). The van der Waals surface area contributed by atoms with Crippen molar-refractivity contribution in [2.24, 2.45) is 11.8 Å². The normalized spacial score (nSPS) is 11.9. The number of alkyl carbamates (subject to hydrolysis) is 1. The van der Waals surface area contributed by atoms with E-state index in [4.69, 9.17) is 9.47 Å². The Morgan fingerprint density at radius 3 is 2.18 bits per heavy atom. The van der Waals surface area contributed by atoms with Gasteiger partial charge in [-0.15, -0.1) is 11.3 Å². The summed E-state index contributed by atoms with van der Waals surface area (Å²) in [7, 11) is 0. The summed E-state index contributed by atoms with van der Waals surface area (Å²) in [5, 5.41) is 4.87. The molecule has 3 amide bonds. The van der Waals surface area contributed by atoms with Gasteiger partial charge in [0.1, 0.15) is 23.9 Å². The van der Waals surface area contributed by atoms with Crippen molar-refractivity contribution in [3.63, 3.8) is 0 Å². The number of esters is 1. The highest BCUT2D eigenvalue weighted by Gasteiger charge is 2.24. The highest BCUT2D eigenvalue weighted by molar-refractivity contribution is 7.14. The molecule has 0 spiro atoms. The van der Waals surface area contributed by atoms with E-state index in [0.717, 1.165) is 5.69 Å². The monoisotopic (exact) mass is 637 g/mol. The van der Waals surface area contributed by atoms with Crippen molar-refractivity contribution < 1.29 is 28.7 Å². The molecule has 11 nitrogen and oxygen atoms in total. The number of benzene rings is 2. The molecule has 1 aromatic heterocycles.